The molecular weight excluding hydrogens is 252 g/mol. The van der Waals surface area contributed by atoms with Gasteiger partial charge in [0.1, 0.15) is 0 Å². The Balaban J connectivity index is 1.89. The molecule has 1 aliphatic carbocycles. The standard InChI is InChI=1S/C16H18N2O2/c1-19-15-10-14(17-16(18-15)20-2)13-9-8-12(13)11-6-4-3-5-7-11/h3-7,10,12-13H,8-9H2,1-2H3/t12?,13-/m0/s1. The SMILES string of the molecule is COc1cc([C@H]2CCC2c2ccccc2)nc(OC)n1. The zero-order valence-corrected chi connectivity index (χ0v) is 11.7. The van der Waals surface area contributed by atoms with Gasteiger partial charge in [-0.3, -0.25) is 0 Å². The number of nitrogens with zero attached hydrogens (tertiary/aromatic N) is 2. The summed E-state index contributed by atoms with van der Waals surface area (Å²) in [6.45, 7) is 0. The molecule has 1 unspecified atom stereocenters. The van der Waals surface area contributed by atoms with Crippen LogP contribution in [0.4, 0.5) is 0 Å². The minimum absolute atomic E-state index is 0.373. The minimum atomic E-state index is 0.373. The number of rotatable bonds is 4. The third-order valence-electron chi connectivity index (χ3n) is 3.98. The number of hydrogen-bond acceptors (Lipinski definition) is 4. The van der Waals surface area contributed by atoms with Crippen molar-refractivity contribution in [3.05, 3.63) is 47.7 Å². The van der Waals surface area contributed by atoms with Crippen LogP contribution < -0.4 is 9.47 Å². The number of hydrogen-bond donors (Lipinski definition) is 0. The first-order valence-electron chi connectivity index (χ1n) is 6.83. The molecule has 0 amide bonds. The van der Waals surface area contributed by atoms with Crippen LogP contribution in [0.1, 0.15) is 35.9 Å². The number of aromatic nitrogens is 2. The van der Waals surface area contributed by atoms with Gasteiger partial charge in [-0.1, -0.05) is 30.3 Å². The molecule has 1 aromatic carbocycles. The second-order valence-corrected chi connectivity index (χ2v) is 5.02. The summed E-state index contributed by atoms with van der Waals surface area (Å²) >= 11 is 0. The number of benzene rings is 1. The van der Waals surface area contributed by atoms with Crippen LogP contribution in [-0.2, 0) is 0 Å². The third kappa shape index (κ3) is 2.33. The summed E-state index contributed by atoms with van der Waals surface area (Å²) in [7, 11) is 3.19. The maximum atomic E-state index is 5.23. The molecule has 1 heterocycles. The fourth-order valence-corrected chi connectivity index (χ4v) is 2.76. The number of methoxy groups -OCH3 is 2. The normalized spacial score (nSPS) is 21.1. The van der Waals surface area contributed by atoms with Crippen molar-refractivity contribution in [1.82, 2.24) is 9.97 Å². The Bertz CT molecular complexity index is 564. The Morgan fingerprint density at radius 2 is 1.70 bits per heavy atom. The molecular formula is C16H18N2O2. The Labute approximate surface area is 118 Å². The maximum Gasteiger partial charge on any atom is 0.319 e. The highest BCUT2D eigenvalue weighted by atomic mass is 16.5. The Morgan fingerprint density at radius 1 is 0.950 bits per heavy atom. The molecule has 1 aromatic heterocycles. The molecule has 4 nitrogen and oxygen atoms in total. The quantitative estimate of drug-likeness (QED) is 0.856. The molecule has 0 bridgehead atoms. The topological polar surface area (TPSA) is 44.2 Å². The second-order valence-electron chi connectivity index (χ2n) is 5.02. The predicted octanol–water partition coefficient (Wildman–Crippen LogP) is 3.16. The van der Waals surface area contributed by atoms with Crippen LogP contribution in [0.5, 0.6) is 11.9 Å². The summed E-state index contributed by atoms with van der Waals surface area (Å²) in [5.74, 6) is 1.51. The molecule has 0 N–H and O–H groups in total. The maximum absolute atomic E-state index is 5.23. The van der Waals surface area contributed by atoms with E-state index >= 15 is 0 Å². The van der Waals surface area contributed by atoms with Crippen molar-refractivity contribution in [2.24, 2.45) is 0 Å². The lowest BCUT2D eigenvalue weighted by Crippen LogP contribution is -2.23. The Kier molecular flexibility index (Phi) is 3.54. The van der Waals surface area contributed by atoms with Crippen LogP contribution in [0.2, 0.25) is 0 Å². The Morgan fingerprint density at radius 3 is 2.30 bits per heavy atom. The summed E-state index contributed by atoms with van der Waals surface area (Å²) in [6.07, 6.45) is 2.34. The van der Waals surface area contributed by atoms with Crippen molar-refractivity contribution in [2.45, 2.75) is 24.7 Å². The van der Waals surface area contributed by atoms with E-state index in [0.717, 1.165) is 12.1 Å². The van der Waals surface area contributed by atoms with Crippen LogP contribution in [0.3, 0.4) is 0 Å². The van der Waals surface area contributed by atoms with Crippen molar-refractivity contribution in [2.75, 3.05) is 14.2 Å². The van der Waals surface area contributed by atoms with Crippen LogP contribution in [0.25, 0.3) is 0 Å². The molecule has 20 heavy (non-hydrogen) atoms. The van der Waals surface area contributed by atoms with Crippen molar-refractivity contribution in [3.63, 3.8) is 0 Å². The molecule has 1 aliphatic rings. The lowest BCUT2D eigenvalue weighted by molar-refractivity contribution is 0.318. The van der Waals surface area contributed by atoms with Gasteiger partial charge in [0, 0.05) is 12.0 Å². The summed E-state index contributed by atoms with van der Waals surface area (Å²) in [6, 6.07) is 12.9. The van der Waals surface area contributed by atoms with E-state index in [4.69, 9.17) is 9.47 Å². The zero-order chi connectivity index (χ0) is 13.9. The predicted molar refractivity (Wildman–Crippen MR) is 76.3 cm³/mol. The minimum Gasteiger partial charge on any atom is -0.481 e. The molecule has 3 rings (SSSR count). The molecule has 4 heteroatoms. The van der Waals surface area contributed by atoms with E-state index in [0.29, 0.717) is 23.7 Å². The summed E-state index contributed by atoms with van der Waals surface area (Å²) in [5.41, 5.74) is 2.38. The van der Waals surface area contributed by atoms with Crippen LogP contribution in [0, 0.1) is 0 Å². The van der Waals surface area contributed by atoms with Gasteiger partial charge in [0.15, 0.2) is 0 Å². The highest BCUT2D eigenvalue weighted by molar-refractivity contribution is 5.31. The van der Waals surface area contributed by atoms with Crippen LogP contribution in [-0.4, -0.2) is 24.2 Å². The van der Waals surface area contributed by atoms with E-state index in [1.165, 1.54) is 12.0 Å². The average Bonchev–Trinajstić information content (AvgIpc) is 2.46. The smallest absolute Gasteiger partial charge is 0.319 e. The van der Waals surface area contributed by atoms with Gasteiger partial charge in [-0.2, -0.15) is 9.97 Å². The highest BCUT2D eigenvalue weighted by Gasteiger charge is 2.34. The fraction of sp³-hybridized carbons (Fsp3) is 0.375. The molecule has 2 aromatic rings. The molecule has 1 saturated carbocycles. The van der Waals surface area contributed by atoms with E-state index in [2.05, 4.69) is 34.2 Å². The molecule has 0 spiro atoms. The van der Waals surface area contributed by atoms with E-state index < -0.39 is 0 Å². The monoisotopic (exact) mass is 270 g/mol. The molecule has 1 fully saturated rings. The first kappa shape index (κ1) is 12.9. The van der Waals surface area contributed by atoms with Gasteiger partial charge in [0.2, 0.25) is 5.88 Å². The second kappa shape index (κ2) is 5.49. The van der Waals surface area contributed by atoms with E-state index in [9.17, 15) is 0 Å². The Hall–Kier alpha value is -2.10. The summed E-state index contributed by atoms with van der Waals surface area (Å²) in [4.78, 5) is 8.64. The molecule has 0 saturated heterocycles. The van der Waals surface area contributed by atoms with Crippen molar-refractivity contribution < 1.29 is 9.47 Å². The lowest BCUT2D eigenvalue weighted by Gasteiger charge is -2.36. The number of ether oxygens (including phenoxy) is 2. The molecule has 0 aliphatic heterocycles. The molecule has 2 atom stereocenters. The van der Waals surface area contributed by atoms with Crippen LogP contribution >= 0.6 is 0 Å². The fourth-order valence-electron chi connectivity index (χ4n) is 2.76. The van der Waals surface area contributed by atoms with Gasteiger partial charge in [-0.15, -0.1) is 0 Å². The van der Waals surface area contributed by atoms with Gasteiger partial charge >= 0.3 is 6.01 Å². The first-order chi connectivity index (χ1) is 9.81. The van der Waals surface area contributed by atoms with E-state index in [1.807, 2.05) is 12.1 Å². The van der Waals surface area contributed by atoms with Gasteiger partial charge in [0.05, 0.1) is 19.9 Å². The van der Waals surface area contributed by atoms with E-state index in [-0.39, 0.29) is 0 Å². The van der Waals surface area contributed by atoms with Crippen molar-refractivity contribution in [1.29, 1.82) is 0 Å². The first-order valence-corrected chi connectivity index (χ1v) is 6.83. The van der Waals surface area contributed by atoms with Crippen molar-refractivity contribution >= 4 is 0 Å². The average molecular weight is 270 g/mol. The van der Waals surface area contributed by atoms with Gasteiger partial charge in [-0.05, 0) is 24.3 Å². The van der Waals surface area contributed by atoms with E-state index in [1.54, 1.807) is 14.2 Å². The lowest BCUT2D eigenvalue weighted by atomic mass is 9.68. The summed E-state index contributed by atoms with van der Waals surface area (Å²) in [5, 5.41) is 0. The molecule has 104 valence electrons. The highest BCUT2D eigenvalue weighted by Crippen LogP contribution is 2.48. The largest absolute Gasteiger partial charge is 0.481 e. The molecule has 0 radical (unpaired) electrons. The van der Waals surface area contributed by atoms with Gasteiger partial charge in [0.25, 0.3) is 0 Å². The third-order valence-corrected chi connectivity index (χ3v) is 3.98. The van der Waals surface area contributed by atoms with Crippen molar-refractivity contribution in [3.8, 4) is 11.9 Å². The summed E-state index contributed by atoms with van der Waals surface area (Å²) < 4.78 is 10.4. The zero-order valence-electron chi connectivity index (χ0n) is 11.7. The van der Waals surface area contributed by atoms with Gasteiger partial charge < -0.3 is 9.47 Å². The van der Waals surface area contributed by atoms with Gasteiger partial charge in [-0.25, -0.2) is 0 Å². The van der Waals surface area contributed by atoms with Crippen LogP contribution in [0.15, 0.2) is 36.4 Å².